The third-order valence-corrected chi connectivity index (χ3v) is 3.27. The Morgan fingerprint density at radius 3 is 2.87 bits per heavy atom. The van der Waals surface area contributed by atoms with Gasteiger partial charge in [0.15, 0.2) is 0 Å². The highest BCUT2D eigenvalue weighted by Crippen LogP contribution is 2.40. The van der Waals surface area contributed by atoms with E-state index in [0.717, 1.165) is 23.3 Å². The first-order chi connectivity index (χ1) is 7.08. The monoisotopic (exact) mass is 206 g/mol. The topological polar surface area (TPSA) is 46.5 Å². The third kappa shape index (κ3) is 1.39. The summed E-state index contributed by atoms with van der Waals surface area (Å²) < 4.78 is 5.12. The highest BCUT2D eigenvalue weighted by Gasteiger charge is 2.41. The Hall–Kier alpha value is -1.51. The van der Waals surface area contributed by atoms with Gasteiger partial charge in [0.05, 0.1) is 12.5 Å². The molecular formula is C12H14O3. The van der Waals surface area contributed by atoms with Gasteiger partial charge in [0.1, 0.15) is 5.75 Å². The van der Waals surface area contributed by atoms with Gasteiger partial charge in [0.25, 0.3) is 0 Å². The smallest absolute Gasteiger partial charge is 0.313 e. The molecule has 0 saturated heterocycles. The highest BCUT2D eigenvalue weighted by molar-refractivity contribution is 5.82. The van der Waals surface area contributed by atoms with Crippen molar-refractivity contribution in [3.63, 3.8) is 0 Å². The van der Waals surface area contributed by atoms with Crippen LogP contribution >= 0.6 is 0 Å². The summed E-state index contributed by atoms with van der Waals surface area (Å²) in [5.41, 5.74) is 1.30. The maximum Gasteiger partial charge on any atom is 0.313 e. The van der Waals surface area contributed by atoms with Gasteiger partial charge >= 0.3 is 5.97 Å². The zero-order valence-corrected chi connectivity index (χ0v) is 8.91. The molecule has 80 valence electrons. The van der Waals surface area contributed by atoms with E-state index in [9.17, 15) is 9.90 Å². The predicted molar refractivity (Wildman–Crippen MR) is 56.3 cm³/mol. The second kappa shape index (κ2) is 3.26. The molecule has 1 N–H and O–H groups in total. The van der Waals surface area contributed by atoms with Gasteiger partial charge in [0.2, 0.25) is 0 Å². The average molecular weight is 206 g/mol. The Labute approximate surface area is 88.7 Å². The van der Waals surface area contributed by atoms with Crippen LogP contribution in [0.2, 0.25) is 0 Å². The van der Waals surface area contributed by atoms with Crippen molar-refractivity contribution in [2.45, 2.75) is 25.2 Å². The van der Waals surface area contributed by atoms with Gasteiger partial charge in [-0.05, 0) is 43.0 Å². The van der Waals surface area contributed by atoms with Crippen molar-refractivity contribution < 1.29 is 14.6 Å². The predicted octanol–water partition coefficient (Wildman–Crippen LogP) is 1.98. The minimum atomic E-state index is -0.744. The molecule has 3 nitrogen and oxygen atoms in total. The molecule has 1 aliphatic carbocycles. The number of hydrogen-bond donors (Lipinski definition) is 1. The van der Waals surface area contributed by atoms with Gasteiger partial charge in [-0.2, -0.15) is 0 Å². The molecule has 0 heterocycles. The first-order valence-corrected chi connectivity index (χ1v) is 4.99. The molecule has 1 aromatic carbocycles. The van der Waals surface area contributed by atoms with Crippen LogP contribution in [0.1, 0.15) is 24.5 Å². The number of ether oxygens (including phenoxy) is 1. The second-order valence-corrected chi connectivity index (χ2v) is 4.16. The van der Waals surface area contributed by atoms with E-state index in [4.69, 9.17) is 4.74 Å². The minimum absolute atomic E-state index is 0.671. The molecule has 0 aliphatic heterocycles. The fourth-order valence-electron chi connectivity index (χ4n) is 2.18. The summed E-state index contributed by atoms with van der Waals surface area (Å²) in [7, 11) is 1.62. The van der Waals surface area contributed by atoms with Gasteiger partial charge in [-0.25, -0.2) is 0 Å². The Morgan fingerprint density at radius 1 is 1.53 bits per heavy atom. The molecule has 1 aliphatic rings. The molecule has 0 fully saturated rings. The van der Waals surface area contributed by atoms with Gasteiger partial charge in [0, 0.05) is 0 Å². The molecule has 0 bridgehead atoms. The van der Waals surface area contributed by atoms with Gasteiger partial charge in [-0.1, -0.05) is 6.07 Å². The van der Waals surface area contributed by atoms with E-state index in [1.54, 1.807) is 14.0 Å². The number of carbonyl (C=O) groups is 1. The Morgan fingerprint density at radius 2 is 2.27 bits per heavy atom. The third-order valence-electron chi connectivity index (χ3n) is 3.27. The number of carboxylic acids is 1. The number of methoxy groups -OCH3 is 1. The largest absolute Gasteiger partial charge is 0.497 e. The molecule has 3 heteroatoms. The number of aryl methyl sites for hydroxylation is 1. The van der Waals surface area contributed by atoms with Crippen LogP contribution in [-0.2, 0) is 16.6 Å². The van der Waals surface area contributed by atoms with E-state index in [1.165, 1.54) is 0 Å². The summed E-state index contributed by atoms with van der Waals surface area (Å²) in [4.78, 5) is 11.2. The maximum absolute atomic E-state index is 11.2. The minimum Gasteiger partial charge on any atom is -0.497 e. The van der Waals surface area contributed by atoms with Gasteiger partial charge in [-0.15, -0.1) is 0 Å². The SMILES string of the molecule is COc1ccc2c(c1)CCC2(C)C(=O)O. The second-order valence-electron chi connectivity index (χ2n) is 4.16. The summed E-state index contributed by atoms with van der Waals surface area (Å²) in [6, 6.07) is 5.63. The van der Waals surface area contributed by atoms with Crippen LogP contribution in [0.5, 0.6) is 5.75 Å². The molecule has 1 unspecified atom stereocenters. The summed E-state index contributed by atoms with van der Waals surface area (Å²) in [6.45, 7) is 1.79. The molecule has 15 heavy (non-hydrogen) atoms. The van der Waals surface area contributed by atoms with Gasteiger partial charge in [-0.3, -0.25) is 4.79 Å². The Kier molecular flexibility index (Phi) is 2.18. The summed E-state index contributed by atoms with van der Waals surface area (Å²) in [6.07, 6.45) is 1.49. The molecule has 1 atom stereocenters. The van der Waals surface area contributed by atoms with Crippen molar-refractivity contribution in [1.82, 2.24) is 0 Å². The lowest BCUT2D eigenvalue weighted by molar-refractivity contribution is -0.143. The lowest BCUT2D eigenvalue weighted by Gasteiger charge is -2.19. The summed E-state index contributed by atoms with van der Waals surface area (Å²) in [5, 5.41) is 9.21. The van der Waals surface area contributed by atoms with Crippen LogP contribution in [0.3, 0.4) is 0 Å². The number of carboxylic acid groups (broad SMARTS) is 1. The van der Waals surface area contributed by atoms with Crippen LogP contribution < -0.4 is 4.74 Å². The molecule has 0 spiro atoms. The van der Waals surface area contributed by atoms with E-state index >= 15 is 0 Å². The molecule has 1 aromatic rings. The quantitative estimate of drug-likeness (QED) is 0.804. The Bertz CT molecular complexity index is 411. The fourth-order valence-corrected chi connectivity index (χ4v) is 2.18. The zero-order chi connectivity index (χ0) is 11.1. The number of rotatable bonds is 2. The number of fused-ring (bicyclic) bond motifs is 1. The van der Waals surface area contributed by atoms with Crippen molar-refractivity contribution in [3.05, 3.63) is 29.3 Å². The van der Waals surface area contributed by atoms with Crippen molar-refractivity contribution in [3.8, 4) is 5.75 Å². The molecule has 2 rings (SSSR count). The van der Waals surface area contributed by atoms with Crippen LogP contribution in [0.25, 0.3) is 0 Å². The van der Waals surface area contributed by atoms with E-state index in [2.05, 4.69) is 0 Å². The highest BCUT2D eigenvalue weighted by atomic mass is 16.5. The van der Waals surface area contributed by atoms with E-state index in [-0.39, 0.29) is 0 Å². The molecule has 0 radical (unpaired) electrons. The Balaban J connectivity index is 2.49. The molecule has 0 saturated carbocycles. The molecule has 0 amide bonds. The fraction of sp³-hybridized carbons (Fsp3) is 0.417. The van der Waals surface area contributed by atoms with Crippen molar-refractivity contribution in [2.24, 2.45) is 0 Å². The van der Waals surface area contributed by atoms with Crippen LogP contribution in [0.4, 0.5) is 0 Å². The lowest BCUT2D eigenvalue weighted by atomic mass is 9.84. The average Bonchev–Trinajstić information content (AvgIpc) is 2.57. The van der Waals surface area contributed by atoms with Crippen LogP contribution in [0.15, 0.2) is 18.2 Å². The van der Waals surface area contributed by atoms with Crippen molar-refractivity contribution >= 4 is 5.97 Å². The van der Waals surface area contributed by atoms with E-state index in [0.29, 0.717) is 6.42 Å². The van der Waals surface area contributed by atoms with Gasteiger partial charge < -0.3 is 9.84 Å². The van der Waals surface area contributed by atoms with E-state index < -0.39 is 11.4 Å². The first-order valence-electron chi connectivity index (χ1n) is 4.99. The summed E-state index contributed by atoms with van der Waals surface area (Å²) >= 11 is 0. The standard InChI is InChI=1S/C12H14O3/c1-12(11(13)14)6-5-8-7-9(15-2)3-4-10(8)12/h3-4,7H,5-6H2,1-2H3,(H,13,14). The number of hydrogen-bond acceptors (Lipinski definition) is 2. The number of benzene rings is 1. The van der Waals surface area contributed by atoms with E-state index in [1.807, 2.05) is 18.2 Å². The normalized spacial score (nSPS) is 23.6. The zero-order valence-electron chi connectivity index (χ0n) is 8.91. The molecule has 0 aromatic heterocycles. The molecular weight excluding hydrogens is 192 g/mol. The van der Waals surface area contributed by atoms with Crippen molar-refractivity contribution in [2.75, 3.05) is 7.11 Å². The lowest BCUT2D eigenvalue weighted by Crippen LogP contribution is -2.29. The van der Waals surface area contributed by atoms with Crippen molar-refractivity contribution in [1.29, 1.82) is 0 Å². The first kappa shape index (κ1) is 10.0. The van der Waals surface area contributed by atoms with Crippen LogP contribution in [-0.4, -0.2) is 18.2 Å². The summed E-state index contributed by atoms with van der Waals surface area (Å²) in [5.74, 6) is 0.0507. The maximum atomic E-state index is 11.2. The number of aliphatic carboxylic acids is 1. The van der Waals surface area contributed by atoms with Crippen LogP contribution in [0, 0.1) is 0 Å².